The number of benzene rings is 2. The Balaban J connectivity index is 1.96. The fraction of sp³-hybridized carbons (Fsp3) is 0.364. The van der Waals surface area contributed by atoms with E-state index in [4.69, 9.17) is 9.47 Å². The highest BCUT2D eigenvalue weighted by atomic mass is 79.9. The minimum absolute atomic E-state index is 0.0331. The van der Waals surface area contributed by atoms with Crippen LogP contribution in [-0.4, -0.2) is 49.6 Å². The molecule has 2 aromatic carbocycles. The molecule has 1 atom stereocenters. The zero-order valence-electron chi connectivity index (χ0n) is 18.0. The van der Waals surface area contributed by atoms with Gasteiger partial charge in [0.05, 0.1) is 31.5 Å². The third-order valence-corrected chi connectivity index (χ3v) is 4.94. The van der Waals surface area contributed by atoms with Crippen LogP contribution in [0.1, 0.15) is 20.8 Å². The molecule has 9 heteroatoms. The van der Waals surface area contributed by atoms with E-state index < -0.39 is 17.8 Å². The van der Waals surface area contributed by atoms with Crippen LogP contribution in [0.15, 0.2) is 40.9 Å². The van der Waals surface area contributed by atoms with E-state index in [1.807, 2.05) is 13.8 Å². The summed E-state index contributed by atoms with van der Waals surface area (Å²) in [5.74, 6) is -0.125. The van der Waals surface area contributed by atoms with Crippen molar-refractivity contribution in [3.8, 4) is 11.5 Å². The van der Waals surface area contributed by atoms with Crippen LogP contribution in [0.2, 0.25) is 0 Å². The number of rotatable bonds is 10. The average Bonchev–Trinajstić information content (AvgIpc) is 2.71. The zero-order valence-corrected chi connectivity index (χ0v) is 19.6. The normalized spacial score (nSPS) is 11.7. The molecule has 0 aromatic heterocycles. The Morgan fingerprint density at radius 2 is 1.74 bits per heavy atom. The molecule has 0 aliphatic carbocycles. The lowest BCUT2D eigenvalue weighted by Crippen LogP contribution is -2.43. The second kappa shape index (κ2) is 11.7. The molecular formula is C22H27BrFN3O4. The van der Waals surface area contributed by atoms with E-state index in [0.29, 0.717) is 34.9 Å². The minimum atomic E-state index is -0.659. The molecule has 2 amide bonds. The first-order valence-electron chi connectivity index (χ1n) is 9.90. The first-order chi connectivity index (χ1) is 14.7. The quantitative estimate of drug-likeness (QED) is 0.514. The topological polar surface area (TPSA) is 79.9 Å². The summed E-state index contributed by atoms with van der Waals surface area (Å²) in [6, 6.07) is 8.86. The van der Waals surface area contributed by atoms with Crippen molar-refractivity contribution < 1.29 is 23.5 Å². The van der Waals surface area contributed by atoms with E-state index in [-0.39, 0.29) is 18.1 Å². The SMILES string of the molecule is CCOc1ccc(NC(=O)CN(C)C(C)C(=O)Nc2ccc(Br)cc2F)cc1OCC. The number of amides is 2. The molecule has 31 heavy (non-hydrogen) atoms. The van der Waals surface area contributed by atoms with Gasteiger partial charge in [0.15, 0.2) is 11.5 Å². The summed E-state index contributed by atoms with van der Waals surface area (Å²) < 4.78 is 25.6. The van der Waals surface area contributed by atoms with Crippen molar-refractivity contribution in [2.75, 3.05) is 37.4 Å². The Morgan fingerprint density at radius 1 is 1.06 bits per heavy atom. The van der Waals surface area contributed by atoms with E-state index in [0.717, 1.165) is 0 Å². The molecule has 0 heterocycles. The van der Waals surface area contributed by atoms with Crippen molar-refractivity contribution in [2.45, 2.75) is 26.8 Å². The summed E-state index contributed by atoms with van der Waals surface area (Å²) in [5.41, 5.74) is 0.634. The molecule has 0 saturated carbocycles. The molecule has 7 nitrogen and oxygen atoms in total. The molecule has 0 radical (unpaired) electrons. The fourth-order valence-electron chi connectivity index (χ4n) is 2.72. The van der Waals surface area contributed by atoms with Crippen LogP contribution in [0.25, 0.3) is 0 Å². The van der Waals surface area contributed by atoms with Crippen LogP contribution in [0.3, 0.4) is 0 Å². The summed E-state index contributed by atoms with van der Waals surface area (Å²) in [5, 5.41) is 5.33. The Hall–Kier alpha value is -2.65. The smallest absolute Gasteiger partial charge is 0.241 e. The van der Waals surface area contributed by atoms with E-state index in [2.05, 4.69) is 26.6 Å². The summed E-state index contributed by atoms with van der Waals surface area (Å²) >= 11 is 3.17. The number of halogens is 2. The molecule has 2 aromatic rings. The predicted octanol–water partition coefficient (Wildman–Crippen LogP) is 4.28. The first kappa shape index (κ1) is 24.6. The van der Waals surface area contributed by atoms with Gasteiger partial charge in [-0.25, -0.2) is 4.39 Å². The number of carbonyl (C=O) groups is 2. The highest BCUT2D eigenvalue weighted by molar-refractivity contribution is 9.10. The van der Waals surface area contributed by atoms with Crippen molar-refractivity contribution in [3.05, 3.63) is 46.7 Å². The molecule has 0 bridgehead atoms. The predicted molar refractivity (Wildman–Crippen MR) is 122 cm³/mol. The fourth-order valence-corrected chi connectivity index (χ4v) is 3.05. The van der Waals surface area contributed by atoms with Gasteiger partial charge in [0.25, 0.3) is 0 Å². The third-order valence-electron chi connectivity index (χ3n) is 4.45. The van der Waals surface area contributed by atoms with Crippen LogP contribution >= 0.6 is 15.9 Å². The molecule has 0 aliphatic rings. The number of anilines is 2. The maximum absolute atomic E-state index is 14.0. The largest absolute Gasteiger partial charge is 0.490 e. The Labute approximate surface area is 190 Å². The summed E-state index contributed by atoms with van der Waals surface area (Å²) in [4.78, 5) is 26.5. The van der Waals surface area contributed by atoms with Crippen LogP contribution in [-0.2, 0) is 9.59 Å². The van der Waals surface area contributed by atoms with E-state index in [9.17, 15) is 14.0 Å². The van der Waals surface area contributed by atoms with Gasteiger partial charge in [-0.15, -0.1) is 0 Å². The number of carbonyl (C=O) groups excluding carboxylic acids is 2. The van der Waals surface area contributed by atoms with Gasteiger partial charge in [0.1, 0.15) is 5.82 Å². The van der Waals surface area contributed by atoms with Gasteiger partial charge in [-0.05, 0) is 58.2 Å². The van der Waals surface area contributed by atoms with Gasteiger partial charge in [-0.3, -0.25) is 14.5 Å². The lowest BCUT2D eigenvalue weighted by Gasteiger charge is -2.23. The Morgan fingerprint density at radius 3 is 2.39 bits per heavy atom. The number of nitrogens with one attached hydrogen (secondary N) is 2. The van der Waals surface area contributed by atoms with Crippen LogP contribution < -0.4 is 20.1 Å². The Kier molecular flexibility index (Phi) is 9.26. The van der Waals surface area contributed by atoms with Crippen LogP contribution in [0, 0.1) is 5.82 Å². The molecule has 0 aliphatic heterocycles. The molecule has 2 N–H and O–H groups in total. The molecule has 0 fully saturated rings. The molecule has 2 rings (SSSR count). The maximum Gasteiger partial charge on any atom is 0.241 e. The second-order valence-electron chi connectivity index (χ2n) is 6.78. The van der Waals surface area contributed by atoms with E-state index >= 15 is 0 Å². The van der Waals surface area contributed by atoms with Gasteiger partial charge < -0.3 is 20.1 Å². The molecular weight excluding hydrogens is 469 g/mol. The van der Waals surface area contributed by atoms with Gasteiger partial charge in [0, 0.05) is 16.2 Å². The van der Waals surface area contributed by atoms with Crippen molar-refractivity contribution in [1.29, 1.82) is 0 Å². The van der Waals surface area contributed by atoms with Crippen molar-refractivity contribution >= 4 is 39.1 Å². The van der Waals surface area contributed by atoms with Crippen LogP contribution in [0.4, 0.5) is 15.8 Å². The number of hydrogen-bond donors (Lipinski definition) is 2. The molecule has 168 valence electrons. The summed E-state index contributed by atoms with van der Waals surface area (Å²) in [6.45, 7) is 6.32. The monoisotopic (exact) mass is 495 g/mol. The van der Waals surface area contributed by atoms with Crippen LogP contribution in [0.5, 0.6) is 11.5 Å². The first-order valence-corrected chi connectivity index (χ1v) is 10.7. The highest BCUT2D eigenvalue weighted by Gasteiger charge is 2.21. The van der Waals surface area contributed by atoms with Crippen molar-refractivity contribution in [3.63, 3.8) is 0 Å². The lowest BCUT2D eigenvalue weighted by molar-refractivity contribution is -0.122. The number of ether oxygens (including phenoxy) is 2. The van der Waals surface area contributed by atoms with Crippen molar-refractivity contribution in [1.82, 2.24) is 4.90 Å². The number of hydrogen-bond acceptors (Lipinski definition) is 5. The molecule has 1 unspecified atom stereocenters. The van der Waals surface area contributed by atoms with Gasteiger partial charge in [0.2, 0.25) is 11.8 Å². The zero-order chi connectivity index (χ0) is 23.0. The van der Waals surface area contributed by atoms with E-state index in [1.54, 1.807) is 43.1 Å². The van der Waals surface area contributed by atoms with E-state index in [1.165, 1.54) is 12.1 Å². The summed E-state index contributed by atoms with van der Waals surface area (Å²) in [7, 11) is 1.64. The molecule has 0 spiro atoms. The lowest BCUT2D eigenvalue weighted by atomic mass is 10.2. The average molecular weight is 496 g/mol. The van der Waals surface area contributed by atoms with Gasteiger partial charge in [-0.2, -0.15) is 0 Å². The Bertz CT molecular complexity index is 926. The number of likely N-dealkylation sites (N-methyl/N-ethyl adjacent to an activating group) is 1. The third kappa shape index (κ3) is 7.22. The standard InChI is InChI=1S/C22H27BrFN3O4/c1-5-30-19-10-8-16(12-20(19)31-6-2)25-21(28)13-27(4)14(3)22(29)26-18-9-7-15(23)11-17(18)24/h7-12,14H,5-6,13H2,1-4H3,(H,25,28)(H,26,29). The van der Waals surface area contributed by atoms with Gasteiger partial charge in [-0.1, -0.05) is 15.9 Å². The number of nitrogens with zero attached hydrogens (tertiary/aromatic N) is 1. The molecule has 0 saturated heterocycles. The van der Waals surface area contributed by atoms with Crippen molar-refractivity contribution in [2.24, 2.45) is 0 Å². The summed E-state index contributed by atoms with van der Waals surface area (Å²) in [6.07, 6.45) is 0. The maximum atomic E-state index is 14.0. The highest BCUT2D eigenvalue weighted by Crippen LogP contribution is 2.30. The minimum Gasteiger partial charge on any atom is -0.490 e. The second-order valence-corrected chi connectivity index (χ2v) is 7.70. The van der Waals surface area contributed by atoms with Gasteiger partial charge >= 0.3 is 0 Å².